The number of unbranched alkanes of at least 4 members (excludes halogenated alkanes) is 1. The predicted octanol–water partition coefficient (Wildman–Crippen LogP) is 2.57. The SMILES string of the molecule is C#CCCCC(CCC)NCC. The molecule has 0 spiro atoms. The maximum Gasteiger partial charge on any atom is 0.00866 e. The van der Waals surface area contributed by atoms with Gasteiger partial charge in [0.25, 0.3) is 0 Å². The highest BCUT2D eigenvalue weighted by Gasteiger charge is 2.03. The Labute approximate surface area is 76.9 Å². The molecule has 0 aliphatic rings. The van der Waals surface area contributed by atoms with Crippen molar-refractivity contribution in [2.24, 2.45) is 0 Å². The van der Waals surface area contributed by atoms with Gasteiger partial charge in [-0.3, -0.25) is 0 Å². The van der Waals surface area contributed by atoms with Crippen LogP contribution in [0.3, 0.4) is 0 Å². The van der Waals surface area contributed by atoms with Crippen LogP contribution in [0, 0.1) is 12.3 Å². The van der Waals surface area contributed by atoms with Gasteiger partial charge in [0.1, 0.15) is 0 Å². The fraction of sp³-hybridized carbons (Fsp3) is 0.818. The lowest BCUT2D eigenvalue weighted by molar-refractivity contribution is 0.450. The van der Waals surface area contributed by atoms with Crippen molar-refractivity contribution in [3.05, 3.63) is 0 Å². The third-order valence-corrected chi connectivity index (χ3v) is 2.00. The first-order chi connectivity index (χ1) is 5.85. The summed E-state index contributed by atoms with van der Waals surface area (Å²) in [7, 11) is 0. The molecular formula is C11H21N. The molecule has 0 aromatic rings. The van der Waals surface area contributed by atoms with Gasteiger partial charge >= 0.3 is 0 Å². The standard InChI is InChI=1S/C11H21N/c1-4-7-8-10-11(9-5-2)12-6-3/h1,11-12H,5-10H2,2-3H3. The first-order valence-electron chi connectivity index (χ1n) is 5.02. The molecule has 0 fully saturated rings. The Morgan fingerprint density at radius 2 is 2.08 bits per heavy atom. The smallest absolute Gasteiger partial charge is 0.00866 e. The van der Waals surface area contributed by atoms with Crippen molar-refractivity contribution in [2.45, 2.75) is 52.0 Å². The van der Waals surface area contributed by atoms with E-state index in [2.05, 4.69) is 25.1 Å². The van der Waals surface area contributed by atoms with Gasteiger partial charge in [0.15, 0.2) is 0 Å². The molecule has 1 N–H and O–H groups in total. The molecule has 0 aliphatic carbocycles. The van der Waals surface area contributed by atoms with Crippen molar-refractivity contribution >= 4 is 0 Å². The molecule has 1 atom stereocenters. The minimum atomic E-state index is 0.688. The van der Waals surface area contributed by atoms with E-state index in [0.29, 0.717) is 6.04 Å². The predicted molar refractivity (Wildman–Crippen MR) is 55.1 cm³/mol. The number of hydrogen-bond donors (Lipinski definition) is 1. The van der Waals surface area contributed by atoms with Crippen molar-refractivity contribution in [1.82, 2.24) is 5.32 Å². The minimum absolute atomic E-state index is 0.688. The average Bonchev–Trinajstić information content (AvgIpc) is 2.06. The van der Waals surface area contributed by atoms with Crippen LogP contribution in [0.1, 0.15) is 46.0 Å². The second-order valence-electron chi connectivity index (χ2n) is 3.14. The lowest BCUT2D eigenvalue weighted by atomic mass is 10.1. The van der Waals surface area contributed by atoms with Crippen LogP contribution in [0.25, 0.3) is 0 Å². The fourth-order valence-electron chi connectivity index (χ4n) is 1.44. The highest BCUT2D eigenvalue weighted by Crippen LogP contribution is 2.05. The van der Waals surface area contributed by atoms with E-state index in [1.807, 2.05) is 0 Å². The molecule has 0 saturated carbocycles. The summed E-state index contributed by atoms with van der Waals surface area (Å²) in [5.41, 5.74) is 0. The van der Waals surface area contributed by atoms with E-state index < -0.39 is 0 Å². The summed E-state index contributed by atoms with van der Waals surface area (Å²) in [6, 6.07) is 0.688. The van der Waals surface area contributed by atoms with Gasteiger partial charge in [0.05, 0.1) is 0 Å². The van der Waals surface area contributed by atoms with Crippen LogP contribution in [0.15, 0.2) is 0 Å². The van der Waals surface area contributed by atoms with Crippen molar-refractivity contribution in [3.63, 3.8) is 0 Å². The van der Waals surface area contributed by atoms with Crippen LogP contribution < -0.4 is 5.32 Å². The van der Waals surface area contributed by atoms with Crippen LogP contribution >= 0.6 is 0 Å². The molecule has 12 heavy (non-hydrogen) atoms. The average molecular weight is 167 g/mol. The zero-order chi connectivity index (χ0) is 9.23. The Bertz CT molecular complexity index is 117. The van der Waals surface area contributed by atoms with Gasteiger partial charge in [0.2, 0.25) is 0 Å². The van der Waals surface area contributed by atoms with Crippen molar-refractivity contribution in [1.29, 1.82) is 0 Å². The van der Waals surface area contributed by atoms with E-state index in [0.717, 1.165) is 19.4 Å². The molecule has 1 nitrogen and oxygen atoms in total. The topological polar surface area (TPSA) is 12.0 Å². The van der Waals surface area contributed by atoms with E-state index in [1.54, 1.807) is 0 Å². The molecule has 0 bridgehead atoms. The van der Waals surface area contributed by atoms with E-state index in [9.17, 15) is 0 Å². The van der Waals surface area contributed by atoms with E-state index in [1.165, 1.54) is 19.3 Å². The van der Waals surface area contributed by atoms with Crippen molar-refractivity contribution in [2.75, 3.05) is 6.54 Å². The Hall–Kier alpha value is -0.480. The number of hydrogen-bond acceptors (Lipinski definition) is 1. The summed E-state index contributed by atoms with van der Waals surface area (Å²) in [6.45, 7) is 5.45. The molecule has 1 heteroatoms. The Morgan fingerprint density at radius 3 is 2.58 bits per heavy atom. The van der Waals surface area contributed by atoms with Crippen molar-refractivity contribution < 1.29 is 0 Å². The molecule has 0 aliphatic heterocycles. The monoisotopic (exact) mass is 167 g/mol. The maximum atomic E-state index is 5.19. The summed E-state index contributed by atoms with van der Waals surface area (Å²) < 4.78 is 0. The van der Waals surface area contributed by atoms with Crippen LogP contribution in [0.4, 0.5) is 0 Å². The first kappa shape index (κ1) is 11.5. The summed E-state index contributed by atoms with van der Waals surface area (Å²) in [5, 5.41) is 3.47. The fourth-order valence-corrected chi connectivity index (χ4v) is 1.44. The minimum Gasteiger partial charge on any atom is -0.314 e. The second kappa shape index (κ2) is 8.62. The maximum absolute atomic E-state index is 5.19. The molecule has 0 amide bonds. The zero-order valence-corrected chi connectivity index (χ0v) is 8.40. The third-order valence-electron chi connectivity index (χ3n) is 2.00. The normalized spacial score (nSPS) is 12.4. The van der Waals surface area contributed by atoms with Gasteiger partial charge in [-0.25, -0.2) is 0 Å². The molecule has 0 rings (SSSR count). The van der Waals surface area contributed by atoms with Gasteiger partial charge in [-0.2, -0.15) is 0 Å². The summed E-state index contributed by atoms with van der Waals surface area (Å²) >= 11 is 0. The Balaban J connectivity index is 3.42. The van der Waals surface area contributed by atoms with Gasteiger partial charge in [-0.05, 0) is 25.8 Å². The van der Waals surface area contributed by atoms with Crippen LogP contribution in [-0.4, -0.2) is 12.6 Å². The lowest BCUT2D eigenvalue weighted by Gasteiger charge is -2.15. The summed E-state index contributed by atoms with van der Waals surface area (Å²) in [5.74, 6) is 2.68. The molecule has 0 saturated heterocycles. The molecule has 0 aromatic heterocycles. The van der Waals surface area contributed by atoms with Crippen LogP contribution in [0.2, 0.25) is 0 Å². The Kier molecular flexibility index (Phi) is 8.27. The largest absolute Gasteiger partial charge is 0.314 e. The second-order valence-corrected chi connectivity index (χ2v) is 3.14. The van der Waals surface area contributed by atoms with Crippen LogP contribution in [-0.2, 0) is 0 Å². The van der Waals surface area contributed by atoms with Crippen molar-refractivity contribution in [3.8, 4) is 12.3 Å². The van der Waals surface area contributed by atoms with Gasteiger partial charge in [-0.1, -0.05) is 20.3 Å². The van der Waals surface area contributed by atoms with E-state index >= 15 is 0 Å². The summed E-state index contributed by atoms with van der Waals surface area (Å²) in [4.78, 5) is 0. The number of nitrogens with one attached hydrogen (secondary N) is 1. The highest BCUT2D eigenvalue weighted by molar-refractivity contribution is 4.83. The number of terminal acetylenes is 1. The van der Waals surface area contributed by atoms with Gasteiger partial charge in [-0.15, -0.1) is 12.3 Å². The summed E-state index contributed by atoms with van der Waals surface area (Å²) in [6.07, 6.45) is 11.0. The highest BCUT2D eigenvalue weighted by atomic mass is 14.9. The molecule has 0 aromatic carbocycles. The molecule has 0 radical (unpaired) electrons. The molecule has 0 heterocycles. The van der Waals surface area contributed by atoms with Crippen LogP contribution in [0.5, 0.6) is 0 Å². The molecular weight excluding hydrogens is 146 g/mol. The third kappa shape index (κ3) is 6.24. The van der Waals surface area contributed by atoms with Gasteiger partial charge < -0.3 is 5.32 Å². The van der Waals surface area contributed by atoms with E-state index in [-0.39, 0.29) is 0 Å². The number of rotatable bonds is 7. The first-order valence-corrected chi connectivity index (χ1v) is 5.02. The van der Waals surface area contributed by atoms with Gasteiger partial charge in [0, 0.05) is 12.5 Å². The zero-order valence-electron chi connectivity index (χ0n) is 8.40. The lowest BCUT2D eigenvalue weighted by Crippen LogP contribution is -2.28. The molecule has 1 unspecified atom stereocenters. The Morgan fingerprint density at radius 1 is 1.33 bits per heavy atom. The quantitative estimate of drug-likeness (QED) is 0.454. The molecule has 70 valence electrons. The van der Waals surface area contributed by atoms with E-state index in [4.69, 9.17) is 6.42 Å².